The fraction of sp³-hybridized carbons (Fsp3) is 0.444. The van der Waals surface area contributed by atoms with Crippen LogP contribution in [0.15, 0.2) is 36.5 Å². The summed E-state index contributed by atoms with van der Waals surface area (Å²) in [7, 11) is 1.66. The Kier molecular flexibility index (Phi) is 5.20. The van der Waals surface area contributed by atoms with E-state index in [1.165, 1.54) is 11.3 Å². The Bertz CT molecular complexity index is 638. The third kappa shape index (κ3) is 4.27. The molecular weight excluding hydrogens is 288 g/mol. The van der Waals surface area contributed by atoms with Gasteiger partial charge in [0.05, 0.1) is 18.5 Å². The van der Waals surface area contributed by atoms with Crippen LogP contribution in [0, 0.1) is 6.92 Å². The molecule has 0 aromatic carbocycles. The van der Waals surface area contributed by atoms with Crippen molar-refractivity contribution in [2.75, 3.05) is 33.3 Å². The lowest BCUT2D eigenvalue weighted by molar-refractivity contribution is 0.119. The lowest BCUT2D eigenvalue weighted by Crippen LogP contribution is -2.45. The van der Waals surface area contributed by atoms with Gasteiger partial charge in [0.2, 0.25) is 5.88 Å². The number of piperazine rings is 1. The molecule has 0 atom stereocenters. The second kappa shape index (κ2) is 7.53. The summed E-state index contributed by atoms with van der Waals surface area (Å²) in [6.07, 6.45) is 1.88. The molecule has 0 unspecified atom stereocenters. The molecule has 3 rings (SSSR count). The predicted octanol–water partition coefficient (Wildman–Crippen LogP) is 2.11. The van der Waals surface area contributed by atoms with Crippen LogP contribution in [-0.4, -0.2) is 53.1 Å². The highest BCUT2D eigenvalue weighted by Crippen LogP contribution is 2.13. The molecule has 0 aliphatic carbocycles. The lowest BCUT2D eigenvalue weighted by Gasteiger charge is -2.34. The summed E-state index contributed by atoms with van der Waals surface area (Å²) in [5, 5.41) is 0. The molecule has 0 radical (unpaired) electrons. The summed E-state index contributed by atoms with van der Waals surface area (Å²) >= 11 is 0. The number of pyridine rings is 2. The first-order valence-electron chi connectivity index (χ1n) is 8.10. The van der Waals surface area contributed by atoms with Crippen molar-refractivity contribution in [3.8, 4) is 5.88 Å². The number of methoxy groups -OCH3 is 1. The number of aromatic nitrogens is 2. The Labute approximate surface area is 137 Å². The maximum absolute atomic E-state index is 5.19. The van der Waals surface area contributed by atoms with Gasteiger partial charge in [-0.05, 0) is 24.6 Å². The highest BCUT2D eigenvalue weighted by molar-refractivity contribution is 5.18. The van der Waals surface area contributed by atoms with Gasteiger partial charge < -0.3 is 4.74 Å². The fourth-order valence-corrected chi connectivity index (χ4v) is 2.89. The van der Waals surface area contributed by atoms with E-state index in [1.807, 2.05) is 24.4 Å². The zero-order valence-corrected chi connectivity index (χ0v) is 13.9. The molecule has 0 spiro atoms. The van der Waals surface area contributed by atoms with Crippen molar-refractivity contribution >= 4 is 0 Å². The summed E-state index contributed by atoms with van der Waals surface area (Å²) in [5.41, 5.74) is 3.53. The summed E-state index contributed by atoms with van der Waals surface area (Å²) in [6.45, 7) is 8.22. The van der Waals surface area contributed by atoms with Gasteiger partial charge in [-0.25, -0.2) is 4.98 Å². The normalized spacial score (nSPS) is 16.4. The molecule has 2 aromatic rings. The van der Waals surface area contributed by atoms with Gasteiger partial charge >= 0.3 is 0 Å². The fourth-order valence-electron chi connectivity index (χ4n) is 2.89. The van der Waals surface area contributed by atoms with Gasteiger partial charge in [-0.3, -0.25) is 14.8 Å². The molecule has 1 aliphatic rings. The van der Waals surface area contributed by atoms with Crippen LogP contribution in [0.1, 0.15) is 17.0 Å². The molecule has 0 N–H and O–H groups in total. The molecule has 122 valence electrons. The SMILES string of the molecule is COc1cccc(CN2CCN(Cc3ncccc3C)CC2)n1. The smallest absolute Gasteiger partial charge is 0.213 e. The van der Waals surface area contributed by atoms with E-state index in [0.717, 1.165) is 45.0 Å². The molecule has 1 saturated heterocycles. The minimum atomic E-state index is 0.687. The first kappa shape index (κ1) is 15.9. The molecule has 5 heteroatoms. The highest BCUT2D eigenvalue weighted by Gasteiger charge is 2.18. The second-order valence-corrected chi connectivity index (χ2v) is 5.99. The second-order valence-electron chi connectivity index (χ2n) is 5.99. The van der Waals surface area contributed by atoms with E-state index in [-0.39, 0.29) is 0 Å². The zero-order valence-electron chi connectivity index (χ0n) is 13.9. The first-order chi connectivity index (χ1) is 11.2. The average Bonchev–Trinajstić information content (AvgIpc) is 2.59. The Morgan fingerprint density at radius 2 is 1.74 bits per heavy atom. The minimum absolute atomic E-state index is 0.687. The summed E-state index contributed by atoms with van der Waals surface area (Å²) < 4.78 is 5.19. The van der Waals surface area contributed by atoms with E-state index in [4.69, 9.17) is 4.74 Å². The van der Waals surface area contributed by atoms with E-state index in [0.29, 0.717) is 5.88 Å². The van der Waals surface area contributed by atoms with Crippen molar-refractivity contribution in [3.63, 3.8) is 0 Å². The molecule has 0 bridgehead atoms. The minimum Gasteiger partial charge on any atom is -0.481 e. The molecular formula is C18H24N4O. The number of nitrogens with zero attached hydrogens (tertiary/aromatic N) is 4. The number of aryl methyl sites for hydroxylation is 1. The standard InChI is InChI=1S/C18H24N4O/c1-15-5-4-8-19-17(15)14-22-11-9-21(10-12-22)13-16-6-3-7-18(20-16)23-2/h3-8H,9-14H2,1-2H3. The van der Waals surface area contributed by atoms with Gasteiger partial charge in [-0.1, -0.05) is 12.1 Å². The van der Waals surface area contributed by atoms with E-state index in [1.54, 1.807) is 7.11 Å². The van der Waals surface area contributed by atoms with E-state index in [9.17, 15) is 0 Å². The van der Waals surface area contributed by atoms with Crippen molar-refractivity contribution in [1.29, 1.82) is 0 Å². The van der Waals surface area contributed by atoms with Gasteiger partial charge in [0, 0.05) is 51.5 Å². The molecule has 23 heavy (non-hydrogen) atoms. The van der Waals surface area contributed by atoms with Crippen LogP contribution in [0.25, 0.3) is 0 Å². The van der Waals surface area contributed by atoms with Crippen molar-refractivity contribution in [2.45, 2.75) is 20.0 Å². The summed E-state index contributed by atoms with van der Waals surface area (Å²) in [4.78, 5) is 13.9. The van der Waals surface area contributed by atoms with Gasteiger partial charge in [-0.15, -0.1) is 0 Å². The summed E-state index contributed by atoms with van der Waals surface area (Å²) in [6, 6.07) is 10.1. The lowest BCUT2D eigenvalue weighted by atomic mass is 10.2. The number of ether oxygens (including phenoxy) is 1. The van der Waals surface area contributed by atoms with E-state index < -0.39 is 0 Å². The van der Waals surface area contributed by atoms with Gasteiger partial charge in [0.1, 0.15) is 0 Å². The van der Waals surface area contributed by atoms with Crippen molar-refractivity contribution < 1.29 is 4.74 Å². The Balaban J connectivity index is 1.51. The maximum atomic E-state index is 5.19. The van der Waals surface area contributed by atoms with Gasteiger partial charge in [-0.2, -0.15) is 0 Å². The van der Waals surface area contributed by atoms with Gasteiger partial charge in [0.15, 0.2) is 0 Å². The molecule has 1 fully saturated rings. The third-order valence-electron chi connectivity index (χ3n) is 4.33. The number of hydrogen-bond donors (Lipinski definition) is 0. The molecule has 0 amide bonds. The Morgan fingerprint density at radius 3 is 2.43 bits per heavy atom. The predicted molar refractivity (Wildman–Crippen MR) is 90.3 cm³/mol. The van der Waals surface area contributed by atoms with Crippen molar-refractivity contribution in [3.05, 3.63) is 53.5 Å². The topological polar surface area (TPSA) is 41.5 Å². The van der Waals surface area contributed by atoms with Gasteiger partial charge in [0.25, 0.3) is 0 Å². The molecule has 0 saturated carbocycles. The van der Waals surface area contributed by atoms with Crippen molar-refractivity contribution in [2.24, 2.45) is 0 Å². The monoisotopic (exact) mass is 312 g/mol. The van der Waals surface area contributed by atoms with E-state index in [2.05, 4.69) is 38.8 Å². The largest absolute Gasteiger partial charge is 0.481 e. The molecule has 3 heterocycles. The summed E-state index contributed by atoms with van der Waals surface area (Å²) in [5.74, 6) is 0.687. The quantitative estimate of drug-likeness (QED) is 0.846. The third-order valence-corrected chi connectivity index (χ3v) is 4.33. The molecule has 2 aromatic heterocycles. The van der Waals surface area contributed by atoms with Crippen LogP contribution >= 0.6 is 0 Å². The first-order valence-corrected chi connectivity index (χ1v) is 8.10. The van der Waals surface area contributed by atoms with Crippen LogP contribution in [0.4, 0.5) is 0 Å². The Hall–Kier alpha value is -1.98. The van der Waals surface area contributed by atoms with Crippen LogP contribution in [0.2, 0.25) is 0 Å². The Morgan fingerprint density at radius 1 is 1.00 bits per heavy atom. The van der Waals surface area contributed by atoms with E-state index >= 15 is 0 Å². The van der Waals surface area contributed by atoms with Crippen molar-refractivity contribution in [1.82, 2.24) is 19.8 Å². The molecule has 1 aliphatic heterocycles. The van der Waals surface area contributed by atoms with Crippen LogP contribution < -0.4 is 4.74 Å². The van der Waals surface area contributed by atoms with Crippen LogP contribution in [-0.2, 0) is 13.1 Å². The average molecular weight is 312 g/mol. The van der Waals surface area contributed by atoms with Crippen LogP contribution in [0.5, 0.6) is 5.88 Å². The molecule has 5 nitrogen and oxygen atoms in total. The maximum Gasteiger partial charge on any atom is 0.213 e. The van der Waals surface area contributed by atoms with Crippen LogP contribution in [0.3, 0.4) is 0 Å². The number of hydrogen-bond acceptors (Lipinski definition) is 5. The zero-order chi connectivity index (χ0) is 16.1. The highest BCUT2D eigenvalue weighted by atomic mass is 16.5. The number of rotatable bonds is 5.